The Morgan fingerprint density at radius 2 is 2.10 bits per heavy atom. The maximum atomic E-state index is 6.11. The predicted octanol–water partition coefficient (Wildman–Crippen LogP) is 5.61. The van der Waals surface area contributed by atoms with E-state index < -0.39 is 0 Å². The van der Waals surface area contributed by atoms with E-state index in [1.54, 1.807) is 11.3 Å². The Morgan fingerprint density at radius 3 is 2.70 bits per heavy atom. The van der Waals surface area contributed by atoms with Gasteiger partial charge < -0.3 is 10.1 Å². The first kappa shape index (κ1) is 15.2. The molecule has 0 aliphatic rings. The van der Waals surface area contributed by atoms with E-state index in [1.165, 1.54) is 4.88 Å². The van der Waals surface area contributed by atoms with Crippen molar-refractivity contribution in [2.75, 3.05) is 11.9 Å². The number of rotatable bonds is 6. The van der Waals surface area contributed by atoms with E-state index >= 15 is 0 Å². The molecule has 1 unspecified atom stereocenters. The van der Waals surface area contributed by atoms with Gasteiger partial charge in [-0.3, -0.25) is 0 Å². The maximum absolute atomic E-state index is 6.11. The fourth-order valence-corrected chi connectivity index (χ4v) is 3.22. The molecule has 1 aromatic carbocycles. The molecule has 108 valence electrons. The summed E-state index contributed by atoms with van der Waals surface area (Å²) in [4.78, 5) is 1.32. The van der Waals surface area contributed by atoms with E-state index in [-0.39, 0.29) is 6.04 Å². The fourth-order valence-electron chi connectivity index (χ4n) is 2.10. The van der Waals surface area contributed by atoms with Crippen molar-refractivity contribution in [1.29, 1.82) is 0 Å². The smallest absolute Gasteiger partial charge is 0.142 e. The summed E-state index contributed by atoms with van der Waals surface area (Å²) in [6, 6.07) is 10.2. The summed E-state index contributed by atoms with van der Waals surface area (Å²) >= 11 is 7.88. The summed E-state index contributed by atoms with van der Waals surface area (Å²) in [5, 5.41) is 6.39. The predicted molar refractivity (Wildman–Crippen MR) is 88.1 cm³/mol. The zero-order valence-electron chi connectivity index (χ0n) is 12.0. The Labute approximate surface area is 129 Å². The number of halogens is 1. The van der Waals surface area contributed by atoms with Gasteiger partial charge in [0.15, 0.2) is 0 Å². The Balaban J connectivity index is 2.28. The molecule has 0 fully saturated rings. The Bertz CT molecular complexity index is 539. The van der Waals surface area contributed by atoms with Crippen molar-refractivity contribution in [1.82, 2.24) is 0 Å². The van der Waals surface area contributed by atoms with Crippen LogP contribution >= 0.6 is 22.9 Å². The van der Waals surface area contributed by atoms with E-state index in [4.69, 9.17) is 16.3 Å². The third kappa shape index (κ3) is 3.68. The third-order valence-electron chi connectivity index (χ3n) is 3.07. The van der Waals surface area contributed by atoms with Gasteiger partial charge in [-0.05, 0) is 42.5 Å². The van der Waals surface area contributed by atoms with Gasteiger partial charge in [0, 0.05) is 9.90 Å². The average molecular weight is 310 g/mol. The molecule has 2 aromatic rings. The Hall–Kier alpha value is -1.19. The fraction of sp³-hybridized carbons (Fsp3) is 0.375. The summed E-state index contributed by atoms with van der Waals surface area (Å²) in [5.74, 6) is 1.32. The lowest BCUT2D eigenvalue weighted by Crippen LogP contribution is -2.16. The second-order valence-electron chi connectivity index (χ2n) is 4.95. The van der Waals surface area contributed by atoms with Crippen molar-refractivity contribution in [3.63, 3.8) is 0 Å². The molecule has 1 N–H and O–H groups in total. The molecule has 4 heteroatoms. The molecule has 0 aliphatic carbocycles. The quantitative estimate of drug-likeness (QED) is 0.749. The van der Waals surface area contributed by atoms with Crippen LogP contribution in [-0.4, -0.2) is 6.61 Å². The van der Waals surface area contributed by atoms with Crippen LogP contribution in [0.4, 0.5) is 5.69 Å². The zero-order chi connectivity index (χ0) is 14.5. The first-order valence-electron chi connectivity index (χ1n) is 6.84. The molecule has 1 heterocycles. The van der Waals surface area contributed by atoms with E-state index in [2.05, 4.69) is 36.7 Å². The van der Waals surface area contributed by atoms with Crippen molar-refractivity contribution < 1.29 is 4.74 Å². The minimum absolute atomic E-state index is 0.257. The van der Waals surface area contributed by atoms with Gasteiger partial charge in [0.2, 0.25) is 0 Å². The first-order valence-corrected chi connectivity index (χ1v) is 8.10. The number of benzene rings is 1. The molecule has 0 radical (unpaired) electrons. The molecule has 1 aromatic heterocycles. The van der Waals surface area contributed by atoms with Gasteiger partial charge >= 0.3 is 0 Å². The van der Waals surface area contributed by atoms with Gasteiger partial charge in [-0.25, -0.2) is 0 Å². The molecule has 2 rings (SSSR count). The molecule has 20 heavy (non-hydrogen) atoms. The molecule has 1 atom stereocenters. The highest BCUT2D eigenvalue weighted by Gasteiger charge is 2.18. The number of hydrogen-bond acceptors (Lipinski definition) is 3. The van der Waals surface area contributed by atoms with Crippen LogP contribution in [0.25, 0.3) is 0 Å². The van der Waals surface area contributed by atoms with Crippen LogP contribution in [0.1, 0.15) is 31.7 Å². The minimum atomic E-state index is 0.257. The summed E-state index contributed by atoms with van der Waals surface area (Å²) in [7, 11) is 0. The van der Waals surface area contributed by atoms with Gasteiger partial charge in [-0.1, -0.05) is 31.5 Å². The van der Waals surface area contributed by atoms with Crippen LogP contribution in [-0.2, 0) is 0 Å². The van der Waals surface area contributed by atoms with E-state index in [0.29, 0.717) is 17.5 Å². The zero-order valence-corrected chi connectivity index (χ0v) is 13.6. The summed E-state index contributed by atoms with van der Waals surface area (Å²) in [6.45, 7) is 7.05. The molecule has 0 bridgehead atoms. The number of anilines is 1. The molecular formula is C16H20ClNOS. The molecule has 0 spiro atoms. The molecule has 0 amide bonds. The highest BCUT2D eigenvalue weighted by molar-refractivity contribution is 7.10. The lowest BCUT2D eigenvalue weighted by molar-refractivity contribution is 0.341. The maximum Gasteiger partial charge on any atom is 0.142 e. The Morgan fingerprint density at radius 1 is 1.30 bits per heavy atom. The van der Waals surface area contributed by atoms with E-state index in [9.17, 15) is 0 Å². The van der Waals surface area contributed by atoms with E-state index in [1.807, 2.05) is 25.1 Å². The van der Waals surface area contributed by atoms with Crippen molar-refractivity contribution >= 4 is 28.6 Å². The Kier molecular flexibility index (Phi) is 5.32. The van der Waals surface area contributed by atoms with Gasteiger partial charge in [0.05, 0.1) is 18.3 Å². The van der Waals surface area contributed by atoms with Gasteiger partial charge in [0.1, 0.15) is 5.75 Å². The molecule has 2 nitrogen and oxygen atoms in total. The third-order valence-corrected chi connectivity index (χ3v) is 4.26. The van der Waals surface area contributed by atoms with Crippen molar-refractivity contribution in [3.05, 3.63) is 45.6 Å². The van der Waals surface area contributed by atoms with Crippen LogP contribution < -0.4 is 10.1 Å². The first-order chi connectivity index (χ1) is 9.61. The number of hydrogen-bond donors (Lipinski definition) is 1. The van der Waals surface area contributed by atoms with Crippen molar-refractivity contribution in [2.45, 2.75) is 26.8 Å². The molecule has 0 saturated heterocycles. The van der Waals surface area contributed by atoms with Crippen molar-refractivity contribution in [3.8, 4) is 5.75 Å². The van der Waals surface area contributed by atoms with Crippen LogP contribution in [0.2, 0.25) is 5.02 Å². The van der Waals surface area contributed by atoms with Gasteiger partial charge in [-0.15, -0.1) is 11.3 Å². The normalized spacial score (nSPS) is 12.4. The SMILES string of the molecule is CCOc1ccc(Cl)cc1NC(c1cccs1)C(C)C. The summed E-state index contributed by atoms with van der Waals surface area (Å²) < 4.78 is 5.67. The second-order valence-corrected chi connectivity index (χ2v) is 6.37. The molecular weight excluding hydrogens is 290 g/mol. The van der Waals surface area contributed by atoms with Crippen LogP contribution in [0, 0.1) is 5.92 Å². The second kappa shape index (κ2) is 7.00. The molecule has 0 aliphatic heterocycles. The monoisotopic (exact) mass is 309 g/mol. The van der Waals surface area contributed by atoms with Crippen molar-refractivity contribution in [2.24, 2.45) is 5.92 Å². The number of nitrogens with one attached hydrogen (secondary N) is 1. The number of thiophene rings is 1. The van der Waals surface area contributed by atoms with Crippen LogP contribution in [0.5, 0.6) is 5.75 Å². The summed E-state index contributed by atoms with van der Waals surface area (Å²) in [6.07, 6.45) is 0. The lowest BCUT2D eigenvalue weighted by Gasteiger charge is -2.24. The highest BCUT2D eigenvalue weighted by atomic mass is 35.5. The topological polar surface area (TPSA) is 21.3 Å². The largest absolute Gasteiger partial charge is 0.492 e. The minimum Gasteiger partial charge on any atom is -0.492 e. The highest BCUT2D eigenvalue weighted by Crippen LogP contribution is 2.35. The summed E-state index contributed by atoms with van der Waals surface area (Å²) in [5.41, 5.74) is 0.950. The molecule has 0 saturated carbocycles. The number of ether oxygens (including phenoxy) is 1. The van der Waals surface area contributed by atoms with Crippen LogP contribution in [0.15, 0.2) is 35.7 Å². The average Bonchev–Trinajstić information content (AvgIpc) is 2.92. The van der Waals surface area contributed by atoms with Crippen LogP contribution in [0.3, 0.4) is 0 Å². The van der Waals surface area contributed by atoms with Gasteiger partial charge in [-0.2, -0.15) is 0 Å². The van der Waals surface area contributed by atoms with Gasteiger partial charge in [0.25, 0.3) is 0 Å². The lowest BCUT2D eigenvalue weighted by atomic mass is 10.0. The van der Waals surface area contributed by atoms with E-state index in [0.717, 1.165) is 11.4 Å². The standard InChI is InChI=1S/C16H20ClNOS/c1-4-19-14-8-7-12(17)10-13(14)18-16(11(2)3)15-6-5-9-20-15/h5-11,16,18H,4H2,1-3H3.